The third-order valence-electron chi connectivity index (χ3n) is 3.20. The first kappa shape index (κ1) is 14.8. The fourth-order valence-corrected chi connectivity index (χ4v) is 2.07. The molecule has 0 radical (unpaired) electrons. The lowest BCUT2D eigenvalue weighted by molar-refractivity contribution is -0.390. The predicted octanol–water partition coefficient (Wildman–Crippen LogP) is 2.29. The molecule has 118 valence electrons. The van der Waals surface area contributed by atoms with Crippen LogP contribution in [-0.4, -0.2) is 29.1 Å². The van der Waals surface area contributed by atoms with Crippen molar-refractivity contribution in [3.05, 3.63) is 51.7 Å². The van der Waals surface area contributed by atoms with E-state index in [1.54, 1.807) is 31.2 Å². The van der Waals surface area contributed by atoms with Gasteiger partial charge in [0.15, 0.2) is 23.9 Å². The quantitative estimate of drug-likeness (QED) is 0.474. The summed E-state index contributed by atoms with van der Waals surface area (Å²) in [6, 6.07) is 7.77. The van der Waals surface area contributed by atoms with Crippen molar-refractivity contribution in [3.63, 3.8) is 0 Å². The average molecular weight is 316 g/mol. The van der Waals surface area contributed by atoms with Gasteiger partial charge in [0.05, 0.1) is 0 Å². The molecule has 0 spiro atoms. The fraction of sp³-hybridized carbons (Fsp3) is 0.200. The summed E-state index contributed by atoms with van der Waals surface area (Å²) in [7, 11) is 0. The predicted molar refractivity (Wildman–Crippen MR) is 78.0 cm³/mol. The first-order valence-corrected chi connectivity index (χ1v) is 6.72. The number of nitro groups is 1. The van der Waals surface area contributed by atoms with Gasteiger partial charge in [-0.15, -0.1) is 0 Å². The van der Waals surface area contributed by atoms with Gasteiger partial charge < -0.3 is 24.3 Å². The molecule has 3 rings (SSSR count). The number of aryl methyl sites for hydroxylation is 1. The van der Waals surface area contributed by atoms with Crippen LogP contribution in [0.4, 0.5) is 5.82 Å². The van der Waals surface area contributed by atoms with Crippen LogP contribution in [0.2, 0.25) is 0 Å². The van der Waals surface area contributed by atoms with Gasteiger partial charge in [0.25, 0.3) is 0 Å². The van der Waals surface area contributed by atoms with E-state index in [2.05, 4.69) is 4.98 Å². The highest BCUT2D eigenvalue weighted by Gasteiger charge is 2.20. The summed E-state index contributed by atoms with van der Waals surface area (Å²) < 4.78 is 15.6. The molecule has 0 fully saturated rings. The van der Waals surface area contributed by atoms with Crippen LogP contribution in [0.1, 0.15) is 16.1 Å². The topological polar surface area (TPSA) is 101 Å². The molecule has 1 aliphatic rings. The monoisotopic (exact) mass is 316 g/mol. The number of pyridine rings is 1. The molecule has 0 atom stereocenters. The number of aromatic nitrogens is 1. The smallest absolute Gasteiger partial charge is 0.406 e. The lowest BCUT2D eigenvalue weighted by atomic mass is 10.1. The molecule has 1 aromatic heterocycles. The molecule has 0 saturated carbocycles. The summed E-state index contributed by atoms with van der Waals surface area (Å²) in [5.41, 5.74) is 0.864. The minimum atomic E-state index is -0.645. The zero-order valence-corrected chi connectivity index (χ0v) is 12.1. The highest BCUT2D eigenvalue weighted by molar-refractivity contribution is 5.97. The molecule has 0 amide bonds. The molecule has 0 bridgehead atoms. The van der Waals surface area contributed by atoms with Crippen molar-refractivity contribution in [1.29, 1.82) is 0 Å². The number of hydrogen-bond donors (Lipinski definition) is 0. The fourth-order valence-electron chi connectivity index (χ4n) is 2.07. The minimum absolute atomic E-state index is 0.0466. The number of rotatable bonds is 5. The molecule has 8 heteroatoms. The number of ketones is 1. The van der Waals surface area contributed by atoms with E-state index in [-0.39, 0.29) is 24.9 Å². The molecule has 0 aliphatic carbocycles. The molecule has 0 unspecified atom stereocenters. The van der Waals surface area contributed by atoms with Crippen molar-refractivity contribution < 1.29 is 23.9 Å². The van der Waals surface area contributed by atoms with Gasteiger partial charge >= 0.3 is 5.82 Å². The number of nitrogens with zero attached hydrogens (tertiary/aromatic N) is 2. The van der Waals surface area contributed by atoms with Gasteiger partial charge in [0, 0.05) is 12.5 Å². The Kier molecular flexibility index (Phi) is 3.80. The van der Waals surface area contributed by atoms with E-state index in [0.29, 0.717) is 22.8 Å². The van der Waals surface area contributed by atoms with E-state index in [4.69, 9.17) is 14.2 Å². The number of ether oxygens (including phenoxy) is 3. The number of Topliss-reactive ketones (excluding diaryl/α,β-unsaturated/α-hetero) is 1. The Bertz CT molecular complexity index is 790. The molecule has 1 aliphatic heterocycles. The number of hydrogen-bond acceptors (Lipinski definition) is 7. The van der Waals surface area contributed by atoms with Crippen molar-refractivity contribution in [1.82, 2.24) is 4.98 Å². The summed E-state index contributed by atoms with van der Waals surface area (Å²) in [5.74, 6) is 0.260. The third kappa shape index (κ3) is 3.05. The molecule has 2 aromatic rings. The maximum absolute atomic E-state index is 12.2. The van der Waals surface area contributed by atoms with E-state index >= 15 is 0 Å². The highest BCUT2D eigenvalue weighted by atomic mass is 16.7. The van der Waals surface area contributed by atoms with Crippen molar-refractivity contribution >= 4 is 11.6 Å². The maximum Gasteiger partial charge on any atom is 0.406 e. The number of carbonyl (C=O) groups excluding carboxylic acids is 1. The number of carbonyl (C=O) groups is 1. The van der Waals surface area contributed by atoms with Gasteiger partial charge in [-0.25, -0.2) is 0 Å². The molecule has 23 heavy (non-hydrogen) atoms. The summed E-state index contributed by atoms with van der Waals surface area (Å²) in [5, 5.41) is 11.0. The summed E-state index contributed by atoms with van der Waals surface area (Å²) in [4.78, 5) is 26.3. The van der Waals surface area contributed by atoms with Crippen LogP contribution in [0.3, 0.4) is 0 Å². The molecule has 0 N–H and O–H groups in total. The summed E-state index contributed by atoms with van der Waals surface area (Å²) in [6.07, 6.45) is 0. The second kappa shape index (κ2) is 5.91. The summed E-state index contributed by atoms with van der Waals surface area (Å²) >= 11 is 0. The Hall–Kier alpha value is -3.16. The zero-order valence-electron chi connectivity index (χ0n) is 12.1. The second-order valence-corrected chi connectivity index (χ2v) is 4.81. The summed E-state index contributed by atoms with van der Waals surface area (Å²) in [6.45, 7) is 1.41. The zero-order chi connectivity index (χ0) is 16.4. The van der Waals surface area contributed by atoms with Crippen LogP contribution >= 0.6 is 0 Å². The molecule has 1 aromatic carbocycles. The standard InChI is InChI=1S/C15H12N2O6/c1-9-2-4-13(15(16-9)17(19)20)21-7-11(18)10-3-5-12-14(6-10)23-8-22-12/h2-6H,7-8H2,1H3. The normalized spacial score (nSPS) is 12.0. The Morgan fingerprint density at radius 2 is 2.09 bits per heavy atom. The van der Waals surface area contributed by atoms with Gasteiger partial charge in [-0.05, 0) is 40.2 Å². The molecular weight excluding hydrogens is 304 g/mol. The van der Waals surface area contributed by atoms with Crippen LogP contribution in [0, 0.1) is 17.0 Å². The molecule has 0 saturated heterocycles. The number of benzene rings is 1. The maximum atomic E-state index is 12.2. The van der Waals surface area contributed by atoms with E-state index in [1.807, 2.05) is 0 Å². The van der Waals surface area contributed by atoms with Crippen LogP contribution in [0.25, 0.3) is 0 Å². The van der Waals surface area contributed by atoms with Crippen LogP contribution in [-0.2, 0) is 0 Å². The second-order valence-electron chi connectivity index (χ2n) is 4.81. The Morgan fingerprint density at radius 3 is 2.87 bits per heavy atom. The van der Waals surface area contributed by atoms with Gasteiger partial charge in [-0.2, -0.15) is 0 Å². The first-order valence-electron chi connectivity index (χ1n) is 6.72. The highest BCUT2D eigenvalue weighted by Crippen LogP contribution is 2.32. The van der Waals surface area contributed by atoms with Gasteiger partial charge in [0.2, 0.25) is 12.5 Å². The largest absolute Gasteiger partial charge is 0.477 e. The SMILES string of the molecule is Cc1ccc(OCC(=O)c2ccc3c(c2)OCO3)c([N+](=O)[O-])n1. The Labute approximate surface area is 130 Å². The van der Waals surface area contributed by atoms with Crippen molar-refractivity contribution in [3.8, 4) is 17.2 Å². The van der Waals surface area contributed by atoms with Crippen LogP contribution < -0.4 is 14.2 Å². The van der Waals surface area contributed by atoms with Gasteiger partial charge in [0.1, 0.15) is 5.69 Å². The van der Waals surface area contributed by atoms with Crippen LogP contribution in [0.5, 0.6) is 17.2 Å². The molecule has 2 heterocycles. The average Bonchev–Trinajstić information content (AvgIpc) is 3.00. The van der Waals surface area contributed by atoms with E-state index < -0.39 is 10.7 Å². The van der Waals surface area contributed by atoms with Crippen molar-refractivity contribution in [2.24, 2.45) is 0 Å². The van der Waals surface area contributed by atoms with Crippen molar-refractivity contribution in [2.45, 2.75) is 6.92 Å². The molecule has 8 nitrogen and oxygen atoms in total. The van der Waals surface area contributed by atoms with E-state index in [0.717, 1.165) is 0 Å². The number of fused-ring (bicyclic) bond motifs is 1. The lowest BCUT2D eigenvalue weighted by Gasteiger charge is -2.06. The molecular formula is C15H12N2O6. The Morgan fingerprint density at radius 1 is 1.30 bits per heavy atom. The van der Waals surface area contributed by atoms with Gasteiger partial charge in [-0.1, -0.05) is 0 Å². The third-order valence-corrected chi connectivity index (χ3v) is 3.20. The van der Waals surface area contributed by atoms with Gasteiger partial charge in [-0.3, -0.25) is 4.79 Å². The van der Waals surface area contributed by atoms with Crippen LogP contribution in [0.15, 0.2) is 30.3 Å². The lowest BCUT2D eigenvalue weighted by Crippen LogP contribution is -2.12. The van der Waals surface area contributed by atoms with Crippen molar-refractivity contribution in [2.75, 3.05) is 13.4 Å². The minimum Gasteiger partial charge on any atom is -0.477 e. The first-order chi connectivity index (χ1) is 11.0. The van der Waals surface area contributed by atoms with E-state index in [9.17, 15) is 14.9 Å². The Balaban J connectivity index is 1.73. The van der Waals surface area contributed by atoms with E-state index in [1.165, 1.54) is 6.07 Å².